The molecular weight excluding hydrogens is 450 g/mol. The van der Waals surface area contributed by atoms with E-state index in [2.05, 4.69) is 4.72 Å². The van der Waals surface area contributed by atoms with Gasteiger partial charge in [-0.15, -0.1) is 0 Å². The Morgan fingerprint density at radius 1 is 1.16 bits per heavy atom. The lowest BCUT2D eigenvalue weighted by molar-refractivity contribution is 0.161. The van der Waals surface area contributed by atoms with Crippen molar-refractivity contribution in [1.82, 2.24) is 14.5 Å². The van der Waals surface area contributed by atoms with Crippen molar-refractivity contribution in [3.05, 3.63) is 59.4 Å². The van der Waals surface area contributed by atoms with Crippen molar-refractivity contribution in [2.24, 2.45) is 0 Å². The summed E-state index contributed by atoms with van der Waals surface area (Å²) in [5.74, 6) is -2.54. The van der Waals surface area contributed by atoms with Crippen LogP contribution in [0.15, 0.2) is 36.4 Å². The average Bonchev–Trinajstić information content (AvgIpc) is 2.96. The molecule has 32 heavy (non-hydrogen) atoms. The van der Waals surface area contributed by atoms with Crippen molar-refractivity contribution in [1.29, 1.82) is 0 Å². The first-order valence-corrected chi connectivity index (χ1v) is 11.6. The van der Waals surface area contributed by atoms with E-state index in [0.29, 0.717) is 6.07 Å². The molecule has 1 saturated heterocycles. The Kier molecular flexibility index (Phi) is 6.80. The molecule has 2 aromatic carbocycles. The zero-order valence-corrected chi connectivity index (χ0v) is 18.5. The van der Waals surface area contributed by atoms with Gasteiger partial charge in [0, 0.05) is 25.7 Å². The molecule has 0 radical (unpaired) electrons. The molecule has 0 aliphatic carbocycles. The van der Waals surface area contributed by atoms with Crippen LogP contribution in [0.3, 0.4) is 0 Å². The Hall–Kier alpha value is -2.66. The molecule has 0 bridgehead atoms. The largest absolute Gasteiger partial charge is 0.331 e. The number of nitrogens with zero attached hydrogens (tertiary/aromatic N) is 2. The van der Waals surface area contributed by atoms with Crippen molar-refractivity contribution in [3.8, 4) is 11.1 Å². The number of carbonyl (C=O) groups excluding carboxylic acids is 1. The molecular formula is C21H23F4N3O3S. The molecule has 3 atom stereocenters. The van der Waals surface area contributed by atoms with Crippen LogP contribution in [0.4, 0.5) is 22.4 Å². The number of benzene rings is 2. The fourth-order valence-electron chi connectivity index (χ4n) is 3.88. The van der Waals surface area contributed by atoms with Crippen LogP contribution < -0.4 is 4.72 Å². The average molecular weight is 473 g/mol. The third-order valence-electron chi connectivity index (χ3n) is 5.24. The lowest BCUT2D eigenvalue weighted by atomic mass is 9.95. The molecule has 1 aliphatic heterocycles. The monoisotopic (exact) mass is 473 g/mol. The predicted octanol–water partition coefficient (Wildman–Crippen LogP) is 2.94. The number of likely N-dealkylation sites (tertiary alicyclic amines) is 1. The number of hydrogen-bond donors (Lipinski definition) is 1. The van der Waals surface area contributed by atoms with E-state index in [9.17, 15) is 26.4 Å². The van der Waals surface area contributed by atoms with E-state index in [1.54, 1.807) is 0 Å². The summed E-state index contributed by atoms with van der Waals surface area (Å²) in [4.78, 5) is 14.9. The van der Waals surface area contributed by atoms with Gasteiger partial charge in [-0.3, -0.25) is 0 Å². The number of halogens is 4. The normalized spacial score (nSPS) is 21.1. The number of carbonyl (C=O) groups is 1. The Morgan fingerprint density at radius 3 is 2.34 bits per heavy atom. The molecule has 1 fully saturated rings. The van der Waals surface area contributed by atoms with E-state index < -0.39 is 51.8 Å². The molecule has 1 heterocycles. The van der Waals surface area contributed by atoms with Crippen LogP contribution in [0.2, 0.25) is 0 Å². The first-order valence-electron chi connectivity index (χ1n) is 9.70. The van der Waals surface area contributed by atoms with E-state index in [0.717, 1.165) is 23.3 Å². The zero-order chi connectivity index (χ0) is 23.8. The summed E-state index contributed by atoms with van der Waals surface area (Å²) in [5, 5.41) is 0. The van der Waals surface area contributed by atoms with Crippen LogP contribution >= 0.6 is 0 Å². The summed E-state index contributed by atoms with van der Waals surface area (Å²) in [7, 11) is -0.901. The minimum Gasteiger partial charge on any atom is -0.331 e. The summed E-state index contributed by atoms with van der Waals surface area (Å²) in [5.41, 5.74) is -0.0550. The van der Waals surface area contributed by atoms with Crippen molar-refractivity contribution in [3.63, 3.8) is 0 Å². The topological polar surface area (TPSA) is 69.7 Å². The number of rotatable bonds is 5. The molecule has 1 aliphatic rings. The zero-order valence-electron chi connectivity index (χ0n) is 17.6. The fraction of sp³-hybridized carbons (Fsp3) is 0.381. The van der Waals surface area contributed by atoms with E-state index >= 15 is 4.39 Å². The van der Waals surface area contributed by atoms with Gasteiger partial charge in [0.25, 0.3) is 0 Å². The third-order valence-corrected chi connectivity index (χ3v) is 5.94. The van der Waals surface area contributed by atoms with Gasteiger partial charge < -0.3 is 9.80 Å². The SMILES string of the molecule is CN(C)C(=O)N1C[C@H](F)[C@H](NS(C)(=O)=O)[C@@H]1Cc1cccc(-c2cc(F)cc(F)c2)c1F. The van der Waals surface area contributed by atoms with Crippen LogP contribution in [-0.4, -0.2) is 69.4 Å². The van der Waals surface area contributed by atoms with Crippen molar-refractivity contribution in [2.45, 2.75) is 24.7 Å². The number of amides is 2. The summed E-state index contributed by atoms with van der Waals surface area (Å²) in [6, 6.07) is 3.96. The quantitative estimate of drug-likeness (QED) is 0.679. The van der Waals surface area contributed by atoms with E-state index in [-0.39, 0.29) is 29.7 Å². The molecule has 11 heteroatoms. The van der Waals surface area contributed by atoms with Crippen LogP contribution in [0.5, 0.6) is 0 Å². The molecule has 2 aromatic rings. The van der Waals surface area contributed by atoms with E-state index in [4.69, 9.17) is 0 Å². The second-order valence-electron chi connectivity index (χ2n) is 7.97. The van der Waals surface area contributed by atoms with Gasteiger partial charge in [-0.1, -0.05) is 18.2 Å². The molecule has 0 unspecified atom stereocenters. The predicted molar refractivity (Wildman–Crippen MR) is 112 cm³/mol. The van der Waals surface area contributed by atoms with Gasteiger partial charge in [-0.2, -0.15) is 0 Å². The van der Waals surface area contributed by atoms with Gasteiger partial charge in [-0.05, 0) is 29.7 Å². The maximum Gasteiger partial charge on any atom is 0.319 e. The molecule has 0 spiro atoms. The molecule has 2 amide bonds. The fourth-order valence-corrected chi connectivity index (χ4v) is 4.68. The number of sulfonamides is 1. The first kappa shape index (κ1) is 24.0. The van der Waals surface area contributed by atoms with Gasteiger partial charge in [0.15, 0.2) is 0 Å². The van der Waals surface area contributed by atoms with E-state index in [1.807, 2.05) is 0 Å². The molecule has 1 N–H and O–H groups in total. The van der Waals surface area contributed by atoms with Crippen molar-refractivity contribution in [2.75, 3.05) is 26.9 Å². The smallest absolute Gasteiger partial charge is 0.319 e. The highest BCUT2D eigenvalue weighted by molar-refractivity contribution is 7.88. The molecule has 3 rings (SSSR count). The number of nitrogens with one attached hydrogen (secondary N) is 1. The number of urea groups is 1. The third kappa shape index (κ3) is 5.21. The van der Waals surface area contributed by atoms with Crippen molar-refractivity contribution < 1.29 is 30.8 Å². The Labute approximate surface area is 183 Å². The summed E-state index contributed by atoms with van der Waals surface area (Å²) >= 11 is 0. The summed E-state index contributed by atoms with van der Waals surface area (Å²) in [6.07, 6.45) is -1.06. The standard InChI is InChI=1S/C21H23F4N3O3S/c1-27(2)21(29)28-11-17(24)20(26-32(3,30)31)18(28)9-12-5-4-6-16(19(12)25)13-7-14(22)10-15(23)8-13/h4-8,10,17-18,20,26H,9,11H2,1-3H3/t17-,18-,20-/m0/s1. The molecule has 0 aromatic heterocycles. The Balaban J connectivity index is 2.02. The van der Waals surface area contributed by atoms with Crippen LogP contribution in [-0.2, 0) is 16.4 Å². The molecule has 0 saturated carbocycles. The minimum absolute atomic E-state index is 0.0244. The lowest BCUT2D eigenvalue weighted by Crippen LogP contribution is -2.51. The van der Waals surface area contributed by atoms with Crippen molar-refractivity contribution >= 4 is 16.1 Å². The van der Waals surface area contributed by atoms with E-state index in [1.165, 1.54) is 37.2 Å². The highest BCUT2D eigenvalue weighted by Crippen LogP contribution is 2.31. The number of alkyl halides is 1. The summed E-state index contributed by atoms with van der Waals surface area (Å²) < 4.78 is 83.1. The van der Waals surface area contributed by atoms with Gasteiger partial charge in [-0.25, -0.2) is 35.5 Å². The second-order valence-corrected chi connectivity index (χ2v) is 9.75. The Morgan fingerprint density at radius 2 is 1.78 bits per heavy atom. The maximum atomic E-state index is 15.3. The highest BCUT2D eigenvalue weighted by Gasteiger charge is 2.46. The summed E-state index contributed by atoms with van der Waals surface area (Å²) in [6.45, 7) is -0.370. The maximum absolute atomic E-state index is 15.3. The first-order chi connectivity index (χ1) is 14.9. The van der Waals surface area contributed by atoms with Crippen LogP contribution in [0, 0.1) is 17.5 Å². The van der Waals surface area contributed by atoms with Crippen LogP contribution in [0.25, 0.3) is 11.1 Å². The van der Waals surface area contributed by atoms with Gasteiger partial charge >= 0.3 is 6.03 Å². The molecule has 174 valence electrons. The molecule has 6 nitrogen and oxygen atoms in total. The van der Waals surface area contributed by atoms with Crippen LogP contribution in [0.1, 0.15) is 5.56 Å². The van der Waals surface area contributed by atoms with Gasteiger partial charge in [0.1, 0.15) is 23.6 Å². The van der Waals surface area contributed by atoms with Gasteiger partial charge in [0.2, 0.25) is 10.0 Å². The Bertz CT molecular complexity index is 1110. The highest BCUT2D eigenvalue weighted by atomic mass is 32.2. The van der Waals surface area contributed by atoms with Gasteiger partial charge in [0.05, 0.1) is 24.9 Å². The minimum atomic E-state index is -3.82. The number of hydrogen-bond acceptors (Lipinski definition) is 3. The lowest BCUT2D eigenvalue weighted by Gasteiger charge is -2.30. The second kappa shape index (κ2) is 9.07.